The van der Waals surface area contributed by atoms with E-state index in [2.05, 4.69) is 4.74 Å². The summed E-state index contributed by atoms with van der Waals surface area (Å²) in [5.74, 6) is -2.02. The molecule has 7 heteroatoms. The Hall–Kier alpha value is -1.50. The standard InChI is InChI=1S/C5H9N3O4/c6-3(5(10)11)2-12-4(9)1-8-7/h3,8H,1-2,6H2,(H,10,11)/t3-/m0/s1. The molecule has 0 aromatic rings. The van der Waals surface area contributed by atoms with Gasteiger partial charge in [0.1, 0.15) is 12.6 Å². The van der Waals surface area contributed by atoms with E-state index in [-0.39, 0.29) is 0 Å². The lowest BCUT2D eigenvalue weighted by Crippen LogP contribution is -2.66. The number of hydrogen-bond acceptors (Lipinski definition) is 4. The Labute approximate surface area is 68.0 Å². The number of nitrogens with zero attached hydrogens (tertiary/aromatic N) is 1. The van der Waals surface area contributed by atoms with Gasteiger partial charge in [-0.2, -0.15) is 0 Å². The summed E-state index contributed by atoms with van der Waals surface area (Å²) in [5.41, 5.74) is 13.0. The fraction of sp³-hybridized carbons (Fsp3) is 0.600. The summed E-state index contributed by atoms with van der Waals surface area (Å²) in [5, 5.41) is 9.80. The number of nitrogens with one attached hydrogen (secondary N) is 1. The summed E-state index contributed by atoms with van der Waals surface area (Å²) >= 11 is 0. The Morgan fingerprint density at radius 3 is 2.67 bits per heavy atom. The molecule has 12 heavy (non-hydrogen) atoms. The van der Waals surface area contributed by atoms with Gasteiger partial charge in [-0.1, -0.05) is 0 Å². The summed E-state index contributed by atoms with van der Waals surface area (Å²) in [6, 6.07) is -1.23. The normalized spacial score (nSPS) is 11.8. The number of hydrogen-bond donors (Lipinski definition) is 3. The average molecular weight is 175 g/mol. The highest BCUT2D eigenvalue weighted by Gasteiger charge is 2.14. The molecule has 0 saturated carbocycles. The number of aliphatic carboxylic acids is 1. The number of esters is 1. The van der Waals surface area contributed by atoms with Gasteiger partial charge in [-0.15, -0.1) is 0 Å². The first-order valence-electron chi connectivity index (χ1n) is 3.09. The number of rotatable bonds is 5. The van der Waals surface area contributed by atoms with Crippen LogP contribution in [0.5, 0.6) is 0 Å². The Morgan fingerprint density at radius 2 is 2.25 bits per heavy atom. The Balaban J connectivity index is 3.60. The van der Waals surface area contributed by atoms with Crippen LogP contribution >= 0.6 is 0 Å². The second kappa shape index (κ2) is 5.19. The van der Waals surface area contributed by atoms with Crippen molar-refractivity contribution in [2.45, 2.75) is 6.04 Å². The number of carboxylic acids is 1. The van der Waals surface area contributed by atoms with Gasteiger partial charge in [0.25, 0.3) is 0 Å². The topological polar surface area (TPSA) is 126 Å². The van der Waals surface area contributed by atoms with Crippen molar-refractivity contribution in [2.24, 2.45) is 5.73 Å². The van der Waals surface area contributed by atoms with Crippen LogP contribution in [-0.2, 0) is 14.3 Å². The molecule has 0 aromatic heterocycles. The third-order valence-corrected chi connectivity index (χ3v) is 0.964. The predicted octanol–water partition coefficient (Wildman–Crippen LogP) is -2.96. The molecule has 0 unspecified atom stereocenters. The third kappa shape index (κ3) is 4.34. The summed E-state index contributed by atoms with van der Waals surface area (Å²) in [7, 11) is 0. The number of carbonyl (C=O) groups excluding carboxylic acids is 1. The predicted molar refractivity (Wildman–Crippen MR) is 35.8 cm³/mol. The van der Waals surface area contributed by atoms with Gasteiger partial charge < -0.3 is 26.2 Å². The molecule has 4 N–H and O–H groups in total. The van der Waals surface area contributed by atoms with Crippen molar-refractivity contribution in [1.82, 2.24) is 0 Å². The first-order valence-corrected chi connectivity index (χ1v) is 3.09. The Morgan fingerprint density at radius 1 is 1.67 bits per heavy atom. The van der Waals surface area contributed by atoms with Gasteiger partial charge in [0.15, 0.2) is 0 Å². The largest absolute Gasteiger partial charge is 0.508 e. The van der Waals surface area contributed by atoms with Crippen molar-refractivity contribution in [3.05, 3.63) is 5.53 Å². The maximum absolute atomic E-state index is 10.5. The number of carbonyl (C=O) groups is 2. The van der Waals surface area contributed by atoms with E-state index < -0.39 is 31.1 Å². The molecule has 0 radical (unpaired) electrons. The molecule has 0 spiro atoms. The molecule has 68 valence electrons. The second-order valence-electron chi connectivity index (χ2n) is 1.96. The van der Waals surface area contributed by atoms with Crippen molar-refractivity contribution < 1.29 is 24.5 Å². The molecule has 0 fully saturated rings. The van der Waals surface area contributed by atoms with Gasteiger partial charge in [0.05, 0.1) is 0 Å². The molecule has 0 rings (SSSR count). The SMILES string of the molecule is [N-]=[NH+]CC(=O)OC[C@H](N)C(=O)O. The van der Waals surface area contributed by atoms with Crippen LogP contribution in [0.4, 0.5) is 0 Å². The molecule has 0 aliphatic heterocycles. The van der Waals surface area contributed by atoms with E-state index in [1.807, 2.05) is 0 Å². The fourth-order valence-corrected chi connectivity index (χ4v) is 0.370. The molecular formula is C5H9N3O4. The van der Waals surface area contributed by atoms with Gasteiger partial charge >= 0.3 is 11.9 Å². The molecule has 0 aliphatic carbocycles. The van der Waals surface area contributed by atoms with E-state index in [0.29, 0.717) is 0 Å². The molecular weight excluding hydrogens is 166 g/mol. The quantitative estimate of drug-likeness (QED) is 0.304. The van der Waals surface area contributed by atoms with Crippen LogP contribution in [0.2, 0.25) is 0 Å². The van der Waals surface area contributed by atoms with E-state index in [0.717, 1.165) is 0 Å². The molecule has 0 aromatic carbocycles. The number of ether oxygens (including phenoxy) is 1. The summed E-state index contributed by atoms with van der Waals surface area (Å²) in [6.07, 6.45) is 0. The molecule has 0 bridgehead atoms. The van der Waals surface area contributed by atoms with E-state index in [4.69, 9.17) is 16.4 Å². The highest BCUT2D eigenvalue weighted by Crippen LogP contribution is 1.81. The van der Waals surface area contributed by atoms with Crippen LogP contribution in [0.15, 0.2) is 0 Å². The summed E-state index contributed by atoms with van der Waals surface area (Å²) < 4.78 is 4.34. The van der Waals surface area contributed by atoms with Gasteiger partial charge in [-0.05, 0) is 0 Å². The van der Waals surface area contributed by atoms with Crippen molar-refractivity contribution >= 4 is 11.9 Å². The minimum absolute atomic E-state index is 0.396. The second-order valence-corrected chi connectivity index (χ2v) is 1.96. The van der Waals surface area contributed by atoms with Crippen molar-refractivity contribution in [2.75, 3.05) is 13.2 Å². The summed E-state index contributed by atoms with van der Waals surface area (Å²) in [6.45, 7) is -0.803. The van der Waals surface area contributed by atoms with Gasteiger partial charge in [-0.25, -0.2) is 4.79 Å². The van der Waals surface area contributed by atoms with Crippen LogP contribution in [0.1, 0.15) is 0 Å². The average Bonchev–Trinajstić information content (AvgIpc) is 2.00. The first kappa shape index (κ1) is 10.5. The highest BCUT2D eigenvalue weighted by molar-refractivity contribution is 5.74. The zero-order valence-electron chi connectivity index (χ0n) is 6.19. The number of carboxylic acid groups (broad SMARTS) is 1. The lowest BCUT2D eigenvalue weighted by Gasteiger charge is -2.05. The molecule has 0 amide bonds. The van der Waals surface area contributed by atoms with Gasteiger partial charge in [0.2, 0.25) is 6.54 Å². The highest BCUT2D eigenvalue weighted by atomic mass is 16.5. The zero-order chi connectivity index (χ0) is 9.56. The Kier molecular flexibility index (Phi) is 4.54. The van der Waals surface area contributed by atoms with Crippen LogP contribution in [0.3, 0.4) is 0 Å². The minimum Gasteiger partial charge on any atom is -0.508 e. The van der Waals surface area contributed by atoms with E-state index >= 15 is 0 Å². The molecule has 0 heterocycles. The maximum Gasteiger partial charge on any atom is 0.371 e. The fourth-order valence-electron chi connectivity index (χ4n) is 0.370. The van der Waals surface area contributed by atoms with E-state index in [9.17, 15) is 9.59 Å². The number of nitrogens with two attached hydrogens (primary N) is 1. The van der Waals surface area contributed by atoms with Crippen LogP contribution in [0, 0.1) is 0 Å². The van der Waals surface area contributed by atoms with Crippen LogP contribution < -0.4 is 10.8 Å². The first-order chi connectivity index (χ1) is 5.57. The summed E-state index contributed by atoms with van der Waals surface area (Å²) in [4.78, 5) is 20.6. The molecule has 0 saturated heterocycles. The third-order valence-electron chi connectivity index (χ3n) is 0.964. The molecule has 7 nitrogen and oxygen atoms in total. The van der Waals surface area contributed by atoms with Crippen LogP contribution in [-0.4, -0.2) is 36.2 Å². The van der Waals surface area contributed by atoms with Crippen molar-refractivity contribution in [3.8, 4) is 0 Å². The monoisotopic (exact) mass is 175 g/mol. The Bertz CT molecular complexity index is 193. The van der Waals surface area contributed by atoms with Gasteiger partial charge in [-0.3, -0.25) is 4.79 Å². The smallest absolute Gasteiger partial charge is 0.371 e. The van der Waals surface area contributed by atoms with E-state index in [1.165, 1.54) is 0 Å². The van der Waals surface area contributed by atoms with Crippen molar-refractivity contribution in [3.63, 3.8) is 0 Å². The van der Waals surface area contributed by atoms with Crippen LogP contribution in [0.25, 0.3) is 5.53 Å². The van der Waals surface area contributed by atoms with Gasteiger partial charge in [0, 0.05) is 0 Å². The lowest BCUT2D eigenvalue weighted by molar-refractivity contribution is -0.470. The lowest BCUT2D eigenvalue weighted by atomic mass is 10.3. The molecule has 1 atom stereocenters. The molecule has 0 aliphatic rings. The zero-order valence-corrected chi connectivity index (χ0v) is 6.19. The minimum atomic E-state index is -1.25. The van der Waals surface area contributed by atoms with E-state index in [1.54, 1.807) is 5.11 Å². The van der Waals surface area contributed by atoms with Crippen molar-refractivity contribution in [1.29, 1.82) is 0 Å². The maximum atomic E-state index is 10.5.